The number of nitrogens with one attached hydrogen (secondary N) is 2. The summed E-state index contributed by atoms with van der Waals surface area (Å²) in [4.78, 5) is 47.8. The maximum absolute atomic E-state index is 13.5. The third kappa shape index (κ3) is 5.73. The van der Waals surface area contributed by atoms with E-state index in [-0.39, 0.29) is 25.6 Å². The predicted octanol–water partition coefficient (Wildman–Crippen LogP) is 2.53. The van der Waals surface area contributed by atoms with E-state index in [0.29, 0.717) is 22.6 Å². The van der Waals surface area contributed by atoms with Crippen LogP contribution in [0.1, 0.15) is 11.5 Å². The van der Waals surface area contributed by atoms with Crippen molar-refractivity contribution >= 4 is 35.0 Å². The maximum Gasteiger partial charge on any atom is 0.348 e. The number of amides is 3. The van der Waals surface area contributed by atoms with Crippen molar-refractivity contribution in [1.29, 1.82) is 0 Å². The number of carbonyl (C=O) groups is 3. The van der Waals surface area contributed by atoms with Crippen LogP contribution >= 0.6 is 0 Å². The number of imidazole rings is 1. The van der Waals surface area contributed by atoms with Crippen molar-refractivity contribution in [3.63, 3.8) is 0 Å². The van der Waals surface area contributed by atoms with Crippen molar-refractivity contribution in [2.45, 2.75) is 13.1 Å². The van der Waals surface area contributed by atoms with E-state index in [9.17, 15) is 14.4 Å². The molecule has 13 heteroatoms. The van der Waals surface area contributed by atoms with Gasteiger partial charge in [-0.15, -0.1) is 0 Å². The Morgan fingerprint density at radius 1 is 0.868 bits per heavy atom. The van der Waals surface area contributed by atoms with Gasteiger partial charge in [-0.3, -0.25) is 14.2 Å². The summed E-state index contributed by atoms with van der Waals surface area (Å²) in [6.45, 7) is -0.598. The maximum atomic E-state index is 13.5. The molecular weight excluding hydrogens is 494 g/mol. The van der Waals surface area contributed by atoms with Crippen molar-refractivity contribution in [2.75, 3.05) is 18.1 Å². The Morgan fingerprint density at radius 2 is 1.55 bits per heavy atom. The second-order valence-corrected chi connectivity index (χ2v) is 8.04. The molecule has 4 aromatic heterocycles. The van der Waals surface area contributed by atoms with Gasteiger partial charge in [0.15, 0.2) is 5.58 Å². The lowest BCUT2D eigenvalue weighted by atomic mass is 10.3. The van der Waals surface area contributed by atoms with Crippen LogP contribution in [0.3, 0.4) is 0 Å². The van der Waals surface area contributed by atoms with E-state index < -0.39 is 24.4 Å². The average molecular weight is 518 g/mol. The number of carbonyl (C=O) groups excluding carboxylic acids is 3. The largest absolute Gasteiger partial charge is 0.467 e. The van der Waals surface area contributed by atoms with Crippen LogP contribution in [-0.2, 0) is 22.7 Å². The van der Waals surface area contributed by atoms with Gasteiger partial charge in [-0.2, -0.15) is 4.98 Å². The highest BCUT2D eigenvalue weighted by Crippen LogP contribution is 2.23. The lowest BCUT2D eigenvalue weighted by Gasteiger charge is -2.32. The minimum atomic E-state index is -0.656. The molecule has 0 saturated carbocycles. The van der Waals surface area contributed by atoms with E-state index >= 15 is 0 Å². The molecule has 0 radical (unpaired) electrons. The van der Waals surface area contributed by atoms with E-state index in [4.69, 9.17) is 13.3 Å². The monoisotopic (exact) mass is 517 g/mol. The standard InChI is InChI=1S/C25H23N7O6/c33-22(27-13-18-5-3-11-36-18)15-31(24-29-20-7-1-2-8-21(20)38-24)32(25(35)30-10-9-26-17-30)16-23(34)28-14-19-6-4-12-37-19/h1-12,17H,13-16H2,(H,27,33)(H,28,34). The first-order valence-corrected chi connectivity index (χ1v) is 11.6. The smallest absolute Gasteiger partial charge is 0.348 e. The van der Waals surface area contributed by atoms with Gasteiger partial charge in [-0.1, -0.05) is 12.1 Å². The Kier molecular flexibility index (Phi) is 7.16. The van der Waals surface area contributed by atoms with Crippen molar-refractivity contribution < 1.29 is 27.6 Å². The fourth-order valence-corrected chi connectivity index (χ4v) is 3.57. The molecule has 2 N–H and O–H groups in total. The van der Waals surface area contributed by atoms with Gasteiger partial charge in [-0.25, -0.2) is 19.8 Å². The summed E-state index contributed by atoms with van der Waals surface area (Å²) < 4.78 is 17.6. The molecule has 5 aromatic rings. The summed E-state index contributed by atoms with van der Waals surface area (Å²) in [5.74, 6) is 0.115. The van der Waals surface area contributed by atoms with Crippen molar-refractivity contribution in [3.8, 4) is 0 Å². The summed E-state index contributed by atoms with van der Waals surface area (Å²) in [5, 5.41) is 7.71. The van der Waals surface area contributed by atoms with Crippen LogP contribution in [0.4, 0.5) is 10.8 Å². The Labute approximate surface area is 215 Å². The third-order valence-corrected chi connectivity index (χ3v) is 5.41. The number of hydrazine groups is 1. The molecule has 4 heterocycles. The van der Waals surface area contributed by atoms with Gasteiger partial charge in [-0.05, 0) is 36.4 Å². The van der Waals surface area contributed by atoms with Gasteiger partial charge in [0, 0.05) is 12.4 Å². The minimum absolute atomic E-state index is 0.0494. The molecule has 1 aromatic carbocycles. The summed E-state index contributed by atoms with van der Waals surface area (Å²) >= 11 is 0. The summed E-state index contributed by atoms with van der Waals surface area (Å²) in [5.41, 5.74) is 0.960. The summed E-state index contributed by atoms with van der Waals surface area (Å²) in [6.07, 6.45) is 7.13. The molecule has 0 aliphatic carbocycles. The normalized spacial score (nSPS) is 10.8. The molecule has 13 nitrogen and oxygen atoms in total. The number of nitrogens with zero attached hydrogens (tertiary/aromatic N) is 5. The minimum Gasteiger partial charge on any atom is -0.467 e. The van der Waals surface area contributed by atoms with E-state index in [1.165, 1.54) is 40.8 Å². The zero-order valence-electron chi connectivity index (χ0n) is 20.0. The fourth-order valence-electron chi connectivity index (χ4n) is 3.57. The molecule has 194 valence electrons. The van der Waals surface area contributed by atoms with Crippen LogP contribution < -0.4 is 15.6 Å². The third-order valence-electron chi connectivity index (χ3n) is 5.41. The number of rotatable bonds is 10. The van der Waals surface area contributed by atoms with Gasteiger partial charge < -0.3 is 23.9 Å². The van der Waals surface area contributed by atoms with Crippen molar-refractivity contribution in [3.05, 3.63) is 91.3 Å². The highest BCUT2D eigenvalue weighted by molar-refractivity contribution is 5.88. The number of aromatic nitrogens is 3. The van der Waals surface area contributed by atoms with E-state index in [0.717, 1.165) is 5.01 Å². The summed E-state index contributed by atoms with van der Waals surface area (Å²) in [6, 6.07) is 13.1. The van der Waals surface area contributed by atoms with E-state index in [1.807, 2.05) is 0 Å². The summed E-state index contributed by atoms with van der Waals surface area (Å²) in [7, 11) is 0. The first kappa shape index (κ1) is 24.4. The number of benzene rings is 1. The first-order valence-electron chi connectivity index (χ1n) is 11.6. The molecule has 0 fully saturated rings. The van der Waals surface area contributed by atoms with Gasteiger partial charge >= 0.3 is 12.0 Å². The Bertz CT molecular complexity index is 1460. The number of oxazole rings is 1. The number of hydrogen-bond acceptors (Lipinski definition) is 9. The predicted molar refractivity (Wildman–Crippen MR) is 132 cm³/mol. The molecule has 0 aliphatic heterocycles. The van der Waals surface area contributed by atoms with Crippen LogP contribution in [0.5, 0.6) is 0 Å². The van der Waals surface area contributed by atoms with Crippen LogP contribution in [-0.4, -0.2) is 50.5 Å². The molecule has 0 bridgehead atoms. The molecular formula is C25H23N7O6. The zero-order chi connectivity index (χ0) is 26.3. The second-order valence-electron chi connectivity index (χ2n) is 8.04. The number of para-hydroxylation sites is 2. The first-order chi connectivity index (χ1) is 18.6. The molecule has 3 amide bonds. The molecule has 5 rings (SSSR count). The number of anilines is 1. The SMILES string of the molecule is O=C(CN(C(=O)n1ccnc1)N(CC(=O)NCc1ccco1)c1nc2ccccc2o1)NCc1ccco1. The van der Waals surface area contributed by atoms with E-state index in [1.54, 1.807) is 48.5 Å². The number of furan rings is 2. The van der Waals surface area contributed by atoms with Crippen molar-refractivity contribution in [1.82, 2.24) is 30.2 Å². The van der Waals surface area contributed by atoms with Crippen LogP contribution in [0.2, 0.25) is 0 Å². The molecule has 38 heavy (non-hydrogen) atoms. The van der Waals surface area contributed by atoms with Gasteiger partial charge in [0.25, 0.3) is 0 Å². The quantitative estimate of drug-likeness (QED) is 0.266. The fraction of sp³-hybridized carbons (Fsp3) is 0.160. The second kappa shape index (κ2) is 11.2. The Hall–Kier alpha value is -5.33. The molecule has 0 aliphatic rings. The highest BCUT2D eigenvalue weighted by atomic mass is 16.4. The Morgan fingerprint density at radius 3 is 2.16 bits per heavy atom. The lowest BCUT2D eigenvalue weighted by molar-refractivity contribution is -0.123. The highest BCUT2D eigenvalue weighted by Gasteiger charge is 2.31. The number of fused-ring (bicyclic) bond motifs is 1. The molecule has 0 atom stereocenters. The van der Waals surface area contributed by atoms with Crippen molar-refractivity contribution in [2.24, 2.45) is 0 Å². The lowest BCUT2D eigenvalue weighted by Crippen LogP contribution is -2.55. The Balaban J connectivity index is 1.43. The van der Waals surface area contributed by atoms with Gasteiger partial charge in [0.05, 0.1) is 25.6 Å². The van der Waals surface area contributed by atoms with Gasteiger partial charge in [0.2, 0.25) is 11.8 Å². The average Bonchev–Trinajstić information content (AvgIpc) is 3.75. The molecule has 0 unspecified atom stereocenters. The van der Waals surface area contributed by atoms with Gasteiger partial charge in [0.1, 0.15) is 36.5 Å². The van der Waals surface area contributed by atoms with E-state index in [2.05, 4.69) is 20.6 Å². The van der Waals surface area contributed by atoms with Crippen LogP contribution in [0, 0.1) is 0 Å². The van der Waals surface area contributed by atoms with Crippen LogP contribution in [0.15, 0.2) is 93.0 Å². The zero-order valence-corrected chi connectivity index (χ0v) is 20.0. The number of hydrogen-bond donors (Lipinski definition) is 2. The van der Waals surface area contributed by atoms with Crippen LogP contribution in [0.25, 0.3) is 11.1 Å². The molecule has 0 saturated heterocycles. The topological polar surface area (TPSA) is 152 Å². The molecule has 0 spiro atoms.